The Morgan fingerprint density at radius 2 is 2.28 bits per heavy atom. The lowest BCUT2D eigenvalue weighted by atomic mass is 10.3. The van der Waals surface area contributed by atoms with Gasteiger partial charge in [0.25, 0.3) is 5.91 Å². The normalized spacial score (nSPS) is 13.7. The molecule has 0 radical (unpaired) electrons. The first kappa shape index (κ1) is 14.6. The molecule has 0 saturated carbocycles. The van der Waals surface area contributed by atoms with Gasteiger partial charge in [0.2, 0.25) is 0 Å². The van der Waals surface area contributed by atoms with Crippen LogP contribution in [0.3, 0.4) is 0 Å². The maximum Gasteiger partial charge on any atom is 0.270 e. The molecule has 1 amide bonds. The predicted octanol–water partition coefficient (Wildman–Crippen LogP) is 1.01. The predicted molar refractivity (Wildman–Crippen MR) is 74.3 cm³/mol. The molecular formula is C12H19N3O2S. The minimum absolute atomic E-state index is 0.132. The number of carbonyl (C=O) groups excluding carboxylic acids is 1. The van der Waals surface area contributed by atoms with E-state index < -0.39 is 10.8 Å². The summed E-state index contributed by atoms with van der Waals surface area (Å²) in [5.74, 6) is 0.200. The van der Waals surface area contributed by atoms with E-state index in [1.165, 1.54) is 0 Å². The molecule has 1 aromatic heterocycles. The van der Waals surface area contributed by atoms with Crippen LogP contribution in [0, 0.1) is 0 Å². The summed E-state index contributed by atoms with van der Waals surface area (Å²) >= 11 is 0. The van der Waals surface area contributed by atoms with Gasteiger partial charge in [0.1, 0.15) is 5.69 Å². The smallest absolute Gasteiger partial charge is 0.270 e. The number of nitrogens with zero attached hydrogens (tertiary/aromatic N) is 1. The van der Waals surface area contributed by atoms with Crippen molar-refractivity contribution in [1.29, 1.82) is 0 Å². The number of nitrogens with one attached hydrogen (secondary N) is 2. The van der Waals surface area contributed by atoms with E-state index >= 15 is 0 Å². The fourth-order valence-corrected chi connectivity index (χ4v) is 2.35. The maximum atomic E-state index is 11.9. The van der Waals surface area contributed by atoms with E-state index in [1.807, 2.05) is 19.9 Å². The van der Waals surface area contributed by atoms with Gasteiger partial charge in [-0.05, 0) is 26.0 Å². The Morgan fingerprint density at radius 3 is 2.89 bits per heavy atom. The van der Waals surface area contributed by atoms with Crippen LogP contribution in [0.4, 0.5) is 5.69 Å². The monoisotopic (exact) mass is 269 g/mol. The molecule has 0 fully saturated rings. The molecule has 0 spiro atoms. The van der Waals surface area contributed by atoms with Gasteiger partial charge in [0.15, 0.2) is 0 Å². The second-order valence-electron chi connectivity index (χ2n) is 4.07. The van der Waals surface area contributed by atoms with E-state index in [2.05, 4.69) is 15.6 Å². The molecule has 0 aliphatic heterocycles. The van der Waals surface area contributed by atoms with Crippen molar-refractivity contribution in [2.45, 2.75) is 19.9 Å². The third kappa shape index (κ3) is 4.83. The second kappa shape index (κ2) is 7.10. The Balaban J connectivity index is 2.66. The van der Waals surface area contributed by atoms with Crippen molar-refractivity contribution in [3.05, 3.63) is 24.0 Å². The number of carbonyl (C=O) groups is 1. The molecule has 6 heteroatoms. The van der Waals surface area contributed by atoms with Gasteiger partial charge >= 0.3 is 0 Å². The van der Waals surface area contributed by atoms with E-state index in [-0.39, 0.29) is 11.9 Å². The number of pyridine rings is 1. The first-order chi connectivity index (χ1) is 8.52. The van der Waals surface area contributed by atoms with Gasteiger partial charge in [-0.3, -0.25) is 14.0 Å². The molecule has 2 unspecified atom stereocenters. The Labute approximate surface area is 110 Å². The summed E-state index contributed by atoms with van der Waals surface area (Å²) in [6, 6.07) is 3.38. The summed E-state index contributed by atoms with van der Waals surface area (Å²) in [5, 5.41) is 5.89. The molecule has 1 rings (SSSR count). The summed E-state index contributed by atoms with van der Waals surface area (Å²) in [4.78, 5) is 15.9. The van der Waals surface area contributed by atoms with Crippen LogP contribution in [0.1, 0.15) is 24.3 Å². The summed E-state index contributed by atoms with van der Waals surface area (Å²) in [6.45, 7) is 4.60. The first-order valence-corrected chi connectivity index (χ1v) is 7.56. The standard InChI is InChI=1S/C12H19N3O2S/c1-4-13-10-5-6-14-11(7-10)12(16)15-9(2)8-18(3)17/h5-7,9H,4,8H2,1-3H3,(H,13,14)(H,15,16). The van der Waals surface area contributed by atoms with Crippen molar-refractivity contribution in [3.8, 4) is 0 Å². The maximum absolute atomic E-state index is 11.9. The molecule has 1 aromatic rings. The van der Waals surface area contributed by atoms with Crippen molar-refractivity contribution in [2.24, 2.45) is 0 Å². The van der Waals surface area contributed by atoms with Crippen LogP contribution in [0.25, 0.3) is 0 Å². The minimum atomic E-state index is -0.923. The number of rotatable bonds is 6. The van der Waals surface area contributed by atoms with E-state index in [4.69, 9.17) is 0 Å². The van der Waals surface area contributed by atoms with Gasteiger partial charge in [0, 0.05) is 47.3 Å². The average molecular weight is 269 g/mol. The van der Waals surface area contributed by atoms with Crippen LogP contribution in [0.15, 0.2) is 18.3 Å². The third-order valence-corrected chi connectivity index (χ3v) is 3.21. The van der Waals surface area contributed by atoms with Crippen LogP contribution in [-0.2, 0) is 10.8 Å². The molecule has 0 aliphatic rings. The second-order valence-corrected chi connectivity index (χ2v) is 5.55. The van der Waals surface area contributed by atoms with Crippen LogP contribution in [0.5, 0.6) is 0 Å². The van der Waals surface area contributed by atoms with Crippen molar-refractivity contribution in [1.82, 2.24) is 10.3 Å². The fourth-order valence-electron chi connectivity index (χ4n) is 1.56. The van der Waals surface area contributed by atoms with Gasteiger partial charge in [-0.15, -0.1) is 0 Å². The molecule has 5 nitrogen and oxygen atoms in total. The average Bonchev–Trinajstić information content (AvgIpc) is 2.28. The van der Waals surface area contributed by atoms with Crippen LogP contribution < -0.4 is 10.6 Å². The van der Waals surface area contributed by atoms with Crippen LogP contribution in [0.2, 0.25) is 0 Å². The molecule has 100 valence electrons. The van der Waals surface area contributed by atoms with Crippen molar-refractivity contribution in [3.63, 3.8) is 0 Å². The molecule has 0 bridgehead atoms. The quantitative estimate of drug-likeness (QED) is 0.808. The summed E-state index contributed by atoms with van der Waals surface area (Å²) in [5.41, 5.74) is 1.23. The molecule has 2 atom stereocenters. The Bertz CT molecular complexity index is 437. The molecule has 0 saturated heterocycles. The summed E-state index contributed by atoms with van der Waals surface area (Å²) < 4.78 is 11.0. The number of amides is 1. The summed E-state index contributed by atoms with van der Waals surface area (Å²) in [7, 11) is -0.923. The zero-order valence-electron chi connectivity index (χ0n) is 10.9. The van der Waals surface area contributed by atoms with Crippen LogP contribution >= 0.6 is 0 Å². The molecule has 0 aromatic carbocycles. The fraction of sp³-hybridized carbons (Fsp3) is 0.500. The van der Waals surface area contributed by atoms with Crippen molar-refractivity contribution < 1.29 is 9.00 Å². The lowest BCUT2D eigenvalue weighted by Crippen LogP contribution is -2.36. The van der Waals surface area contributed by atoms with E-state index in [0.29, 0.717) is 11.4 Å². The van der Waals surface area contributed by atoms with E-state index in [9.17, 15) is 9.00 Å². The van der Waals surface area contributed by atoms with E-state index in [1.54, 1.807) is 18.5 Å². The highest BCUT2D eigenvalue weighted by Crippen LogP contribution is 2.07. The molecule has 2 N–H and O–H groups in total. The van der Waals surface area contributed by atoms with Gasteiger partial charge in [-0.2, -0.15) is 0 Å². The largest absolute Gasteiger partial charge is 0.385 e. The highest BCUT2D eigenvalue weighted by molar-refractivity contribution is 7.84. The molecule has 1 heterocycles. The van der Waals surface area contributed by atoms with Gasteiger partial charge in [0.05, 0.1) is 0 Å². The van der Waals surface area contributed by atoms with Gasteiger partial charge in [-0.25, -0.2) is 0 Å². The molecular weight excluding hydrogens is 250 g/mol. The van der Waals surface area contributed by atoms with Crippen LogP contribution in [-0.4, -0.2) is 39.7 Å². The third-order valence-electron chi connectivity index (χ3n) is 2.24. The zero-order chi connectivity index (χ0) is 13.5. The Morgan fingerprint density at radius 1 is 1.56 bits per heavy atom. The Kier molecular flexibility index (Phi) is 5.77. The molecule has 18 heavy (non-hydrogen) atoms. The topological polar surface area (TPSA) is 71.1 Å². The minimum Gasteiger partial charge on any atom is -0.385 e. The number of hydrogen-bond donors (Lipinski definition) is 2. The summed E-state index contributed by atoms with van der Waals surface area (Å²) in [6.07, 6.45) is 3.21. The number of anilines is 1. The lowest BCUT2D eigenvalue weighted by molar-refractivity contribution is 0.0938. The highest BCUT2D eigenvalue weighted by Gasteiger charge is 2.12. The number of hydrogen-bond acceptors (Lipinski definition) is 4. The van der Waals surface area contributed by atoms with Gasteiger partial charge < -0.3 is 10.6 Å². The van der Waals surface area contributed by atoms with Gasteiger partial charge in [-0.1, -0.05) is 0 Å². The van der Waals surface area contributed by atoms with Crippen molar-refractivity contribution in [2.75, 3.05) is 23.9 Å². The van der Waals surface area contributed by atoms with Crippen molar-refractivity contribution >= 4 is 22.4 Å². The van der Waals surface area contributed by atoms with E-state index in [0.717, 1.165) is 12.2 Å². The molecule has 0 aliphatic carbocycles. The number of aromatic nitrogens is 1. The zero-order valence-corrected chi connectivity index (χ0v) is 11.7. The Hall–Kier alpha value is -1.43. The first-order valence-electron chi connectivity index (χ1n) is 5.83. The lowest BCUT2D eigenvalue weighted by Gasteiger charge is -2.12. The highest BCUT2D eigenvalue weighted by atomic mass is 32.2. The SMILES string of the molecule is CCNc1ccnc(C(=O)NC(C)CS(C)=O)c1.